The molecule has 112 valence electrons. The smallest absolute Gasteiger partial charge is 0.247 e. The maximum absolute atomic E-state index is 13.1. The zero-order chi connectivity index (χ0) is 15.4. The average Bonchev–Trinajstić information content (AvgIpc) is 2.93. The second kappa shape index (κ2) is 6.76. The summed E-state index contributed by atoms with van der Waals surface area (Å²) in [4.78, 5) is 12.5. The van der Waals surface area contributed by atoms with E-state index in [1.54, 1.807) is 0 Å². The van der Waals surface area contributed by atoms with Crippen molar-refractivity contribution < 1.29 is 9.18 Å². The Morgan fingerprint density at radius 3 is 2.57 bits per heavy atom. The number of hydrogen-bond acceptors (Lipinski definition) is 1. The minimum atomic E-state index is -0.501. The molecule has 1 atom stereocenters. The van der Waals surface area contributed by atoms with Gasteiger partial charge in [0.05, 0.1) is 5.02 Å². The Kier molecular flexibility index (Phi) is 5.02. The number of benzene rings is 1. The standard InChI is InChI=1S/C16H18ClFN2O/c1-11(2)9-15(20-7-3-4-8-20)16(21)19-12-5-6-14(18)13(17)10-12/h3-8,10-11,15H,9H2,1-2H3,(H,19,21)/t15-/m0/s1. The summed E-state index contributed by atoms with van der Waals surface area (Å²) in [6.07, 6.45) is 4.45. The van der Waals surface area contributed by atoms with Crippen molar-refractivity contribution in [2.75, 3.05) is 5.32 Å². The Morgan fingerprint density at radius 2 is 2.00 bits per heavy atom. The zero-order valence-corrected chi connectivity index (χ0v) is 12.8. The first-order chi connectivity index (χ1) is 9.97. The first kappa shape index (κ1) is 15.6. The molecule has 1 aromatic heterocycles. The van der Waals surface area contributed by atoms with Crippen LogP contribution in [0.2, 0.25) is 5.02 Å². The van der Waals surface area contributed by atoms with Crippen molar-refractivity contribution in [3.05, 3.63) is 53.6 Å². The van der Waals surface area contributed by atoms with Crippen molar-refractivity contribution in [3.63, 3.8) is 0 Å². The predicted octanol–water partition coefficient (Wildman–Crippen LogP) is 4.51. The van der Waals surface area contributed by atoms with Crippen molar-refractivity contribution in [2.24, 2.45) is 5.92 Å². The number of anilines is 1. The quantitative estimate of drug-likeness (QED) is 0.866. The van der Waals surface area contributed by atoms with Gasteiger partial charge in [0, 0.05) is 18.1 Å². The lowest BCUT2D eigenvalue weighted by Gasteiger charge is -2.20. The molecule has 3 nitrogen and oxygen atoms in total. The van der Waals surface area contributed by atoms with E-state index < -0.39 is 5.82 Å². The normalized spacial score (nSPS) is 12.4. The van der Waals surface area contributed by atoms with Crippen molar-refractivity contribution >= 4 is 23.2 Å². The summed E-state index contributed by atoms with van der Waals surface area (Å²) in [7, 11) is 0. The lowest BCUT2D eigenvalue weighted by molar-refractivity contribution is -0.119. The summed E-state index contributed by atoms with van der Waals surface area (Å²) in [6.45, 7) is 4.14. The third-order valence-corrected chi connectivity index (χ3v) is 3.46. The van der Waals surface area contributed by atoms with Gasteiger partial charge in [0.25, 0.3) is 0 Å². The van der Waals surface area contributed by atoms with E-state index in [1.807, 2.05) is 29.1 Å². The van der Waals surface area contributed by atoms with E-state index in [-0.39, 0.29) is 17.0 Å². The fourth-order valence-corrected chi connectivity index (χ4v) is 2.35. The van der Waals surface area contributed by atoms with Crippen LogP contribution in [0.25, 0.3) is 0 Å². The second-order valence-electron chi connectivity index (χ2n) is 5.39. The van der Waals surface area contributed by atoms with Crippen molar-refractivity contribution in [1.29, 1.82) is 0 Å². The molecule has 5 heteroatoms. The number of nitrogens with zero attached hydrogens (tertiary/aromatic N) is 1. The van der Waals surface area contributed by atoms with Gasteiger partial charge in [-0.3, -0.25) is 4.79 Å². The van der Waals surface area contributed by atoms with E-state index in [0.29, 0.717) is 11.6 Å². The minimum Gasteiger partial charge on any atom is -0.342 e. The van der Waals surface area contributed by atoms with E-state index in [4.69, 9.17) is 11.6 Å². The molecule has 1 heterocycles. The monoisotopic (exact) mass is 308 g/mol. The van der Waals surface area contributed by atoms with Gasteiger partial charge in [-0.15, -0.1) is 0 Å². The summed E-state index contributed by atoms with van der Waals surface area (Å²) < 4.78 is 15.0. The van der Waals surface area contributed by atoms with E-state index in [0.717, 1.165) is 6.42 Å². The number of rotatable bonds is 5. The molecule has 0 radical (unpaired) electrons. The lowest BCUT2D eigenvalue weighted by atomic mass is 10.0. The van der Waals surface area contributed by atoms with Gasteiger partial charge in [0.2, 0.25) is 5.91 Å². The van der Waals surface area contributed by atoms with Gasteiger partial charge in [-0.25, -0.2) is 4.39 Å². The molecular formula is C16H18ClFN2O. The zero-order valence-electron chi connectivity index (χ0n) is 12.0. The fourth-order valence-electron chi connectivity index (χ4n) is 2.17. The average molecular weight is 309 g/mol. The van der Waals surface area contributed by atoms with Gasteiger partial charge in [-0.1, -0.05) is 25.4 Å². The first-order valence-electron chi connectivity index (χ1n) is 6.85. The van der Waals surface area contributed by atoms with Crippen LogP contribution in [0.1, 0.15) is 26.3 Å². The maximum Gasteiger partial charge on any atom is 0.247 e. The van der Waals surface area contributed by atoms with Crippen LogP contribution in [-0.2, 0) is 4.79 Å². The van der Waals surface area contributed by atoms with E-state index in [2.05, 4.69) is 19.2 Å². The molecule has 0 saturated heterocycles. The van der Waals surface area contributed by atoms with Crippen LogP contribution >= 0.6 is 11.6 Å². The van der Waals surface area contributed by atoms with Crippen LogP contribution in [0.3, 0.4) is 0 Å². The maximum atomic E-state index is 13.1. The second-order valence-corrected chi connectivity index (χ2v) is 5.80. The molecule has 0 aliphatic carbocycles. The topological polar surface area (TPSA) is 34.0 Å². The van der Waals surface area contributed by atoms with Gasteiger partial charge < -0.3 is 9.88 Å². The number of carbonyl (C=O) groups is 1. The fraction of sp³-hybridized carbons (Fsp3) is 0.312. The molecule has 21 heavy (non-hydrogen) atoms. The third kappa shape index (κ3) is 4.08. The van der Waals surface area contributed by atoms with Gasteiger partial charge in [-0.05, 0) is 42.7 Å². The van der Waals surface area contributed by atoms with E-state index in [1.165, 1.54) is 18.2 Å². The highest BCUT2D eigenvalue weighted by Crippen LogP contribution is 2.23. The van der Waals surface area contributed by atoms with Crippen LogP contribution in [0.5, 0.6) is 0 Å². The van der Waals surface area contributed by atoms with Crippen LogP contribution in [0, 0.1) is 11.7 Å². The molecule has 1 amide bonds. The molecule has 0 bridgehead atoms. The van der Waals surface area contributed by atoms with Crippen LogP contribution in [0.15, 0.2) is 42.7 Å². The highest BCUT2D eigenvalue weighted by Gasteiger charge is 2.21. The highest BCUT2D eigenvalue weighted by molar-refractivity contribution is 6.31. The molecule has 0 aliphatic heterocycles. The summed E-state index contributed by atoms with van der Waals surface area (Å²) in [5, 5.41) is 2.79. The SMILES string of the molecule is CC(C)C[C@@H](C(=O)Nc1ccc(F)c(Cl)c1)n1cccc1. The van der Waals surface area contributed by atoms with Crippen molar-refractivity contribution in [3.8, 4) is 0 Å². The van der Waals surface area contributed by atoms with Crippen LogP contribution in [-0.4, -0.2) is 10.5 Å². The van der Waals surface area contributed by atoms with Crippen LogP contribution < -0.4 is 5.32 Å². The molecular weight excluding hydrogens is 291 g/mol. The van der Waals surface area contributed by atoms with E-state index >= 15 is 0 Å². The summed E-state index contributed by atoms with van der Waals surface area (Å²) in [5.41, 5.74) is 0.493. The molecule has 1 aromatic carbocycles. The molecule has 0 fully saturated rings. The number of carbonyl (C=O) groups excluding carboxylic acids is 1. The Balaban J connectivity index is 2.16. The van der Waals surface area contributed by atoms with Gasteiger partial charge >= 0.3 is 0 Å². The summed E-state index contributed by atoms with van der Waals surface area (Å²) >= 11 is 5.73. The molecule has 0 unspecified atom stereocenters. The number of hydrogen-bond donors (Lipinski definition) is 1. The Bertz CT molecular complexity index is 611. The predicted molar refractivity (Wildman–Crippen MR) is 83.0 cm³/mol. The Labute approximate surface area is 128 Å². The van der Waals surface area contributed by atoms with Crippen molar-refractivity contribution in [1.82, 2.24) is 4.57 Å². The van der Waals surface area contributed by atoms with Crippen LogP contribution in [0.4, 0.5) is 10.1 Å². The van der Waals surface area contributed by atoms with Gasteiger partial charge in [-0.2, -0.15) is 0 Å². The molecule has 0 aliphatic rings. The minimum absolute atomic E-state index is 0.00539. The molecule has 1 N–H and O–H groups in total. The Morgan fingerprint density at radius 1 is 1.33 bits per heavy atom. The third-order valence-electron chi connectivity index (χ3n) is 3.17. The lowest BCUT2D eigenvalue weighted by Crippen LogP contribution is -2.26. The van der Waals surface area contributed by atoms with Crippen molar-refractivity contribution in [2.45, 2.75) is 26.3 Å². The number of nitrogens with one attached hydrogen (secondary N) is 1. The molecule has 2 aromatic rings. The van der Waals surface area contributed by atoms with E-state index in [9.17, 15) is 9.18 Å². The summed E-state index contributed by atoms with van der Waals surface area (Å²) in [5.74, 6) is -0.263. The van der Waals surface area contributed by atoms with Gasteiger partial charge in [0.15, 0.2) is 0 Å². The van der Waals surface area contributed by atoms with Gasteiger partial charge in [0.1, 0.15) is 11.9 Å². The molecule has 0 saturated carbocycles. The number of aromatic nitrogens is 1. The summed E-state index contributed by atoms with van der Waals surface area (Å²) in [6, 6.07) is 7.62. The number of amides is 1. The molecule has 2 rings (SSSR count). The molecule has 0 spiro atoms. The Hall–Kier alpha value is -1.81. The number of halogens is 2. The highest BCUT2D eigenvalue weighted by atomic mass is 35.5. The largest absolute Gasteiger partial charge is 0.342 e. The first-order valence-corrected chi connectivity index (χ1v) is 7.23.